The third-order valence-corrected chi connectivity index (χ3v) is 19.1. The number of rotatable bonds is 44. The van der Waals surface area contributed by atoms with Crippen LogP contribution >= 0.6 is 0 Å². The van der Waals surface area contributed by atoms with Crippen LogP contribution in [0.15, 0.2) is 71.6 Å². The molecule has 0 aliphatic carbocycles. The van der Waals surface area contributed by atoms with Crippen molar-refractivity contribution in [1.29, 1.82) is 0 Å². The maximum atomic E-state index is 14.6. The number of imide groups is 1. The molecule has 2 aliphatic rings. The lowest BCUT2D eigenvalue weighted by atomic mass is 9.89. The fourth-order valence-electron chi connectivity index (χ4n) is 12.2. The van der Waals surface area contributed by atoms with Crippen molar-refractivity contribution in [1.82, 2.24) is 51.1 Å². The summed E-state index contributed by atoms with van der Waals surface area (Å²) < 4.78 is 53.2. The van der Waals surface area contributed by atoms with Crippen molar-refractivity contribution >= 4 is 80.8 Å². The topological polar surface area (TPSA) is 391 Å². The summed E-state index contributed by atoms with van der Waals surface area (Å²) in [6.07, 6.45) is 2.52. The average molecular weight is 1430 g/mol. The quantitative estimate of drug-likeness (QED) is 0.0349. The first-order valence-electron chi connectivity index (χ1n) is 34.2. The van der Waals surface area contributed by atoms with Crippen LogP contribution < -0.4 is 42.4 Å². The SMILES string of the molecule is CC[C@H](C)[C@@H]([C@@H](CC(=O)N1CCC[C@H]1[C@H](OC)[C@@H](C)C(=O)N[C@@H](Cc1ccccc1)C(=O)NS(=O)(=O)c1ccc(NC(=O)[C@H](CCCCNC(N)=O)NC(=O)[C@@H](NC(=O)CCOCCOCCON2C(=O)C=CC2=O)C(C)C)cc1)OC)N(C)C(=O)[C@@H](NC(=O)[C@H](C(C)C)N(C)C)C(C)C. The lowest BCUT2D eigenvalue weighted by molar-refractivity contribution is -0.189. The molecule has 9 N–H and O–H groups in total. The smallest absolute Gasteiger partial charge is 0.312 e. The number of primary amides is 1. The Hall–Kier alpha value is -7.94. The zero-order valence-electron chi connectivity index (χ0n) is 60.4. The summed E-state index contributed by atoms with van der Waals surface area (Å²) >= 11 is 0. The number of unbranched alkanes of at least 4 members (excludes halogenated alkanes) is 1. The van der Waals surface area contributed by atoms with Crippen LogP contribution in [-0.2, 0) is 88.2 Å². The van der Waals surface area contributed by atoms with Gasteiger partial charge >= 0.3 is 6.03 Å². The number of nitrogens with zero attached hydrogens (tertiary/aromatic N) is 4. The minimum absolute atomic E-state index is 0.0283. The Bertz CT molecular complexity index is 3170. The number of sulfonamides is 1. The van der Waals surface area contributed by atoms with Crippen LogP contribution in [0.5, 0.6) is 0 Å². The van der Waals surface area contributed by atoms with E-state index < -0.39 is 124 Å². The van der Waals surface area contributed by atoms with E-state index in [9.17, 15) is 61.2 Å². The van der Waals surface area contributed by atoms with Gasteiger partial charge in [0, 0.05) is 65.0 Å². The first-order valence-corrected chi connectivity index (χ1v) is 35.6. The fraction of sp³-hybridized carbons (Fsp3) is 0.638. The molecular weight excluding hydrogens is 1320 g/mol. The number of methoxy groups -OCH3 is 2. The maximum absolute atomic E-state index is 14.6. The van der Waals surface area contributed by atoms with E-state index in [0.29, 0.717) is 49.3 Å². The van der Waals surface area contributed by atoms with E-state index in [1.54, 1.807) is 68.0 Å². The van der Waals surface area contributed by atoms with Gasteiger partial charge in [0.05, 0.1) is 80.6 Å². The highest BCUT2D eigenvalue weighted by molar-refractivity contribution is 7.90. The third kappa shape index (κ3) is 25.9. The third-order valence-electron chi connectivity index (χ3n) is 17.7. The van der Waals surface area contributed by atoms with Crippen molar-refractivity contribution < 1.29 is 84.9 Å². The fourth-order valence-corrected chi connectivity index (χ4v) is 13.2. The Labute approximate surface area is 588 Å². The molecule has 30 nitrogen and oxygen atoms in total. The van der Waals surface area contributed by atoms with Gasteiger partial charge in [-0.3, -0.25) is 57.7 Å². The molecule has 0 aromatic heterocycles. The molecule has 12 amide bonds. The molecule has 2 aromatic rings. The molecule has 558 valence electrons. The zero-order chi connectivity index (χ0) is 74.6. The van der Waals surface area contributed by atoms with Crippen LogP contribution in [0.1, 0.15) is 119 Å². The Morgan fingerprint density at radius 1 is 0.680 bits per heavy atom. The number of nitrogens with one attached hydrogen (secondary N) is 7. The number of likely N-dealkylation sites (tertiary alicyclic amines) is 1. The van der Waals surface area contributed by atoms with Crippen LogP contribution in [0.2, 0.25) is 0 Å². The van der Waals surface area contributed by atoms with Crippen molar-refractivity contribution in [3.63, 3.8) is 0 Å². The number of hydrogen-bond acceptors (Lipinski definition) is 19. The number of amides is 12. The van der Waals surface area contributed by atoms with Gasteiger partial charge in [0.15, 0.2) is 0 Å². The van der Waals surface area contributed by atoms with E-state index >= 15 is 0 Å². The van der Waals surface area contributed by atoms with Crippen LogP contribution in [0.25, 0.3) is 0 Å². The van der Waals surface area contributed by atoms with Gasteiger partial charge in [0.2, 0.25) is 41.4 Å². The molecule has 31 heteroatoms. The molecule has 0 radical (unpaired) electrons. The van der Waals surface area contributed by atoms with Crippen LogP contribution in [-0.4, -0.2) is 229 Å². The molecule has 0 bridgehead atoms. The van der Waals surface area contributed by atoms with E-state index in [0.717, 1.165) is 24.3 Å². The van der Waals surface area contributed by atoms with E-state index in [2.05, 4.69) is 36.6 Å². The number of benzene rings is 2. The number of hydroxylamine groups is 2. The number of carbonyl (C=O) groups excluding carboxylic acids is 11. The maximum Gasteiger partial charge on any atom is 0.312 e. The van der Waals surface area contributed by atoms with Gasteiger partial charge in [-0.05, 0) is 99.7 Å². The van der Waals surface area contributed by atoms with Gasteiger partial charge in [0.25, 0.3) is 27.7 Å². The molecule has 2 aromatic carbocycles. The summed E-state index contributed by atoms with van der Waals surface area (Å²) in [5.74, 6) is -7.61. The number of likely N-dealkylation sites (N-methyl/N-ethyl adjacent to an activating group) is 2. The molecule has 0 spiro atoms. The van der Waals surface area contributed by atoms with E-state index in [-0.39, 0.29) is 111 Å². The highest BCUT2D eigenvalue weighted by Crippen LogP contribution is 2.30. The summed E-state index contributed by atoms with van der Waals surface area (Å²) in [6.45, 7) is 17.3. The van der Waals surface area contributed by atoms with Gasteiger partial charge in [-0.2, -0.15) is 0 Å². The van der Waals surface area contributed by atoms with Gasteiger partial charge in [-0.25, -0.2) is 17.9 Å². The Balaban J connectivity index is 1.44. The molecule has 2 aliphatic heterocycles. The number of urea groups is 1. The molecule has 11 atom stereocenters. The molecule has 1 saturated heterocycles. The van der Waals surface area contributed by atoms with Crippen LogP contribution in [0.3, 0.4) is 0 Å². The number of hydrogen-bond donors (Lipinski definition) is 8. The van der Waals surface area contributed by atoms with Gasteiger partial charge in [0.1, 0.15) is 24.2 Å². The summed E-state index contributed by atoms with van der Waals surface area (Å²) in [4.78, 5) is 157. The Kier molecular flexibility index (Phi) is 35.2. The van der Waals surface area contributed by atoms with E-state index in [4.69, 9.17) is 29.5 Å². The monoisotopic (exact) mass is 1420 g/mol. The molecule has 2 heterocycles. The first kappa shape index (κ1) is 84.5. The van der Waals surface area contributed by atoms with Gasteiger partial charge in [-0.1, -0.05) is 99.1 Å². The molecule has 100 heavy (non-hydrogen) atoms. The lowest BCUT2D eigenvalue weighted by Gasteiger charge is -2.41. The van der Waals surface area contributed by atoms with Crippen molar-refractivity contribution in [2.45, 2.75) is 179 Å². The molecule has 0 unspecified atom stereocenters. The zero-order valence-corrected chi connectivity index (χ0v) is 61.2. The summed E-state index contributed by atoms with van der Waals surface area (Å²) in [5.41, 5.74) is 5.92. The van der Waals surface area contributed by atoms with Gasteiger partial charge in [-0.15, -0.1) is 5.06 Å². The van der Waals surface area contributed by atoms with Crippen LogP contribution in [0.4, 0.5) is 10.5 Å². The number of carbonyl (C=O) groups is 11. The molecule has 0 saturated carbocycles. The standard InChI is InChI=1S/C69H108N12O18S/c1-15-45(8)61(79(12)68(91)59(43(4)5)76-67(90)60(44(6)7)78(10)11)53(95-13)41-57(85)80-34-21-25-52(80)62(96-14)46(9)63(86)74-51(40-47-22-17-16-18-23-47)65(88)77-100(93,94)49-28-26-48(27-29-49)72-64(87)50(24-19-20-33-71-69(70)92)73-66(89)58(42(2)3)75-54(82)32-35-97-36-37-98-38-39-99-81-55(83)30-31-56(81)84/h16-18,22-23,26-31,42-46,50-53,58-62H,15,19-21,24-25,32-41H2,1-14H3,(H,72,87)(H,73,89)(H,74,86)(H,75,82)(H,76,90)(H,77,88)(H3,70,71,92)/t45-,46+,50-,51-,52-,53+,58-,59-,60-,61-,62+/m0/s1. The normalized spacial score (nSPS) is 17.0. The predicted molar refractivity (Wildman–Crippen MR) is 371 cm³/mol. The minimum Gasteiger partial charge on any atom is -0.379 e. The molecular formula is C69H108N12O18S. The summed E-state index contributed by atoms with van der Waals surface area (Å²) in [6, 6.07) is 6.44. The first-order chi connectivity index (χ1) is 47.3. The van der Waals surface area contributed by atoms with Gasteiger partial charge < -0.3 is 66.4 Å². The highest BCUT2D eigenvalue weighted by atomic mass is 32.2. The van der Waals surface area contributed by atoms with Crippen LogP contribution in [0, 0.1) is 29.6 Å². The van der Waals surface area contributed by atoms with Crippen molar-refractivity contribution in [2.24, 2.45) is 35.3 Å². The average Bonchev–Trinajstić information content (AvgIpc) is 0.962. The molecule has 4 rings (SSSR count). The number of ether oxygens (including phenoxy) is 4. The van der Waals surface area contributed by atoms with Crippen molar-refractivity contribution in [3.8, 4) is 0 Å². The van der Waals surface area contributed by atoms with E-state index in [1.807, 2.05) is 60.5 Å². The largest absolute Gasteiger partial charge is 0.379 e. The minimum atomic E-state index is -4.66. The summed E-state index contributed by atoms with van der Waals surface area (Å²) in [7, 11) is 3.55. The second-order valence-corrected chi connectivity index (χ2v) is 28.1. The Morgan fingerprint density at radius 2 is 1.29 bits per heavy atom. The van der Waals surface area contributed by atoms with Crippen molar-refractivity contribution in [2.75, 3.05) is 86.8 Å². The van der Waals surface area contributed by atoms with Crippen molar-refractivity contribution in [3.05, 3.63) is 72.3 Å². The second kappa shape index (κ2) is 41.7. The number of anilines is 1. The predicted octanol–water partition coefficient (Wildman–Crippen LogP) is 2.55. The second-order valence-electron chi connectivity index (χ2n) is 26.5. The highest BCUT2D eigenvalue weighted by Gasteiger charge is 2.44. The number of nitrogens with two attached hydrogens (primary N) is 1. The lowest BCUT2D eigenvalue weighted by Crippen LogP contribution is -2.59. The van der Waals surface area contributed by atoms with E-state index in [1.165, 1.54) is 26.4 Å². The summed E-state index contributed by atoms with van der Waals surface area (Å²) in [5, 5.41) is 17.0. The Morgan fingerprint density at radius 3 is 1.86 bits per heavy atom. The molecule has 1 fully saturated rings.